The molecule has 1 rings (SSSR count). The average Bonchev–Trinajstić information content (AvgIpc) is 2.15. The first kappa shape index (κ1) is 14.4. The van der Waals surface area contributed by atoms with E-state index in [0.717, 1.165) is 0 Å². The fourth-order valence-electron chi connectivity index (χ4n) is 1.35. The highest BCUT2D eigenvalue weighted by molar-refractivity contribution is 6.36. The molecule has 1 aromatic carbocycles. The SMILES string of the molecule is CN(CC(=O)c1ccc(Cl)cc1Cl)CC(F)F. The summed E-state index contributed by atoms with van der Waals surface area (Å²) in [4.78, 5) is 13.0. The normalized spacial score (nSPS) is 11.2. The number of Topliss-reactive ketones (excluding diaryl/α,β-unsaturated/α-hetero) is 1. The summed E-state index contributed by atoms with van der Waals surface area (Å²) in [5, 5.41) is 0.653. The Bertz CT molecular complexity index is 412. The molecular weight excluding hydrogens is 271 g/mol. The highest BCUT2D eigenvalue weighted by atomic mass is 35.5. The number of carbonyl (C=O) groups is 1. The third kappa shape index (κ3) is 4.58. The molecule has 0 atom stereocenters. The van der Waals surface area contributed by atoms with Crippen molar-refractivity contribution in [1.82, 2.24) is 4.90 Å². The van der Waals surface area contributed by atoms with Crippen LogP contribution in [0.1, 0.15) is 10.4 Å². The summed E-state index contributed by atoms with van der Waals surface area (Å²) in [6.07, 6.45) is -2.46. The van der Waals surface area contributed by atoms with Crippen molar-refractivity contribution in [3.8, 4) is 0 Å². The molecule has 2 nitrogen and oxygen atoms in total. The first-order valence-electron chi connectivity index (χ1n) is 4.85. The van der Waals surface area contributed by atoms with E-state index in [1.54, 1.807) is 0 Å². The van der Waals surface area contributed by atoms with Gasteiger partial charge in [0.2, 0.25) is 0 Å². The fraction of sp³-hybridized carbons (Fsp3) is 0.364. The van der Waals surface area contributed by atoms with E-state index in [4.69, 9.17) is 23.2 Å². The summed E-state index contributed by atoms with van der Waals surface area (Å²) in [6, 6.07) is 4.47. The molecule has 0 bridgehead atoms. The Hall–Kier alpha value is -0.710. The highest BCUT2D eigenvalue weighted by Gasteiger charge is 2.15. The van der Waals surface area contributed by atoms with Crippen LogP contribution in [0.4, 0.5) is 8.78 Å². The number of hydrogen-bond donors (Lipinski definition) is 0. The Morgan fingerprint density at radius 2 is 2.06 bits per heavy atom. The smallest absolute Gasteiger partial charge is 0.251 e. The maximum Gasteiger partial charge on any atom is 0.251 e. The van der Waals surface area contributed by atoms with Crippen LogP contribution < -0.4 is 0 Å². The largest absolute Gasteiger partial charge is 0.293 e. The molecule has 0 N–H and O–H groups in total. The minimum Gasteiger partial charge on any atom is -0.293 e. The first-order chi connectivity index (χ1) is 7.90. The summed E-state index contributed by atoms with van der Waals surface area (Å²) in [5.41, 5.74) is 0.289. The Morgan fingerprint density at radius 1 is 1.41 bits per heavy atom. The Kier molecular flexibility index (Phi) is 5.31. The van der Waals surface area contributed by atoms with Crippen LogP contribution in [0.25, 0.3) is 0 Å². The van der Waals surface area contributed by atoms with Crippen molar-refractivity contribution >= 4 is 29.0 Å². The fourth-order valence-corrected chi connectivity index (χ4v) is 1.86. The first-order valence-corrected chi connectivity index (χ1v) is 5.60. The monoisotopic (exact) mass is 281 g/mol. The lowest BCUT2D eigenvalue weighted by Crippen LogP contribution is -2.30. The summed E-state index contributed by atoms with van der Waals surface area (Å²) in [6.45, 7) is -0.553. The molecule has 0 unspecified atom stereocenters. The van der Waals surface area contributed by atoms with Crippen LogP contribution in [0, 0.1) is 0 Å². The van der Waals surface area contributed by atoms with Crippen molar-refractivity contribution in [2.45, 2.75) is 6.43 Å². The highest BCUT2D eigenvalue weighted by Crippen LogP contribution is 2.21. The molecule has 0 spiro atoms. The minimum atomic E-state index is -2.46. The minimum absolute atomic E-state index is 0.105. The van der Waals surface area contributed by atoms with Gasteiger partial charge >= 0.3 is 0 Å². The molecular formula is C11H11Cl2F2NO. The van der Waals surface area contributed by atoms with Crippen molar-refractivity contribution in [3.05, 3.63) is 33.8 Å². The molecule has 0 aliphatic carbocycles. The third-order valence-corrected chi connectivity index (χ3v) is 2.64. The topological polar surface area (TPSA) is 20.3 Å². The number of carbonyl (C=O) groups excluding carboxylic acids is 1. The molecule has 0 saturated heterocycles. The zero-order valence-electron chi connectivity index (χ0n) is 9.09. The molecule has 0 saturated carbocycles. The van der Waals surface area contributed by atoms with Crippen LogP contribution in [-0.2, 0) is 0 Å². The lowest BCUT2D eigenvalue weighted by molar-refractivity contribution is 0.0820. The third-order valence-electron chi connectivity index (χ3n) is 2.09. The van der Waals surface area contributed by atoms with Gasteiger partial charge in [-0.25, -0.2) is 8.78 Å². The van der Waals surface area contributed by atoms with Gasteiger partial charge in [-0.2, -0.15) is 0 Å². The van der Waals surface area contributed by atoms with Gasteiger partial charge in [0.25, 0.3) is 6.43 Å². The van der Waals surface area contributed by atoms with Crippen molar-refractivity contribution in [2.75, 3.05) is 20.1 Å². The van der Waals surface area contributed by atoms with Gasteiger partial charge in [0.05, 0.1) is 18.1 Å². The summed E-state index contributed by atoms with van der Waals surface area (Å²) < 4.78 is 24.1. The number of alkyl halides is 2. The standard InChI is InChI=1S/C11H11Cl2F2NO/c1-16(6-11(14)15)5-10(17)8-3-2-7(12)4-9(8)13/h2-4,11H,5-6H2,1H3. The number of likely N-dealkylation sites (N-methyl/N-ethyl adjacent to an activating group) is 1. The van der Waals surface area contributed by atoms with Crippen LogP contribution in [0.2, 0.25) is 10.0 Å². The van der Waals surface area contributed by atoms with E-state index in [0.29, 0.717) is 5.02 Å². The van der Waals surface area contributed by atoms with Crippen LogP contribution in [0.3, 0.4) is 0 Å². The lowest BCUT2D eigenvalue weighted by Gasteiger charge is -2.15. The zero-order valence-corrected chi connectivity index (χ0v) is 10.6. The molecule has 94 valence electrons. The molecule has 17 heavy (non-hydrogen) atoms. The van der Waals surface area contributed by atoms with Gasteiger partial charge in [-0.05, 0) is 25.2 Å². The maximum atomic E-state index is 12.1. The van der Waals surface area contributed by atoms with E-state index < -0.39 is 13.0 Å². The van der Waals surface area contributed by atoms with Crippen LogP contribution in [0.15, 0.2) is 18.2 Å². The van der Waals surface area contributed by atoms with E-state index in [9.17, 15) is 13.6 Å². The zero-order chi connectivity index (χ0) is 13.0. The molecule has 0 aliphatic heterocycles. The number of nitrogens with zero attached hydrogens (tertiary/aromatic N) is 1. The average molecular weight is 282 g/mol. The molecule has 0 fully saturated rings. The molecule has 0 radical (unpaired) electrons. The summed E-state index contributed by atoms with van der Waals surface area (Å²) in [5.74, 6) is -0.310. The number of benzene rings is 1. The second-order valence-electron chi connectivity index (χ2n) is 3.64. The van der Waals surface area contributed by atoms with E-state index in [1.807, 2.05) is 0 Å². The van der Waals surface area contributed by atoms with Gasteiger partial charge in [-0.3, -0.25) is 9.69 Å². The molecule has 6 heteroatoms. The Morgan fingerprint density at radius 3 is 2.59 bits per heavy atom. The van der Waals surface area contributed by atoms with Crippen LogP contribution in [-0.4, -0.2) is 37.2 Å². The molecule has 0 aromatic heterocycles. The Labute approximate surface area is 108 Å². The van der Waals surface area contributed by atoms with Crippen molar-refractivity contribution in [1.29, 1.82) is 0 Å². The number of rotatable bonds is 5. The van der Waals surface area contributed by atoms with Crippen LogP contribution >= 0.6 is 23.2 Å². The van der Waals surface area contributed by atoms with Gasteiger partial charge in [0.1, 0.15) is 0 Å². The number of hydrogen-bond acceptors (Lipinski definition) is 2. The predicted octanol–water partition coefficient (Wildman–Crippen LogP) is 3.37. The Balaban J connectivity index is 2.70. The molecule has 0 heterocycles. The number of halogens is 4. The van der Waals surface area contributed by atoms with E-state index in [1.165, 1.54) is 30.1 Å². The summed E-state index contributed by atoms with van der Waals surface area (Å²) in [7, 11) is 1.45. The predicted molar refractivity (Wildman–Crippen MR) is 64.3 cm³/mol. The molecule has 1 aromatic rings. The van der Waals surface area contributed by atoms with E-state index in [2.05, 4.69) is 0 Å². The van der Waals surface area contributed by atoms with Gasteiger partial charge in [0.15, 0.2) is 5.78 Å². The second-order valence-corrected chi connectivity index (χ2v) is 4.48. The maximum absolute atomic E-state index is 12.1. The quantitative estimate of drug-likeness (QED) is 0.772. The molecule has 0 amide bonds. The van der Waals surface area contributed by atoms with Gasteiger partial charge < -0.3 is 0 Å². The van der Waals surface area contributed by atoms with Gasteiger partial charge in [-0.15, -0.1) is 0 Å². The van der Waals surface area contributed by atoms with E-state index >= 15 is 0 Å². The lowest BCUT2D eigenvalue weighted by atomic mass is 10.1. The summed E-state index contributed by atoms with van der Waals surface area (Å²) >= 11 is 11.5. The number of ketones is 1. The van der Waals surface area contributed by atoms with Gasteiger partial charge in [0, 0.05) is 10.6 Å². The van der Waals surface area contributed by atoms with Crippen LogP contribution in [0.5, 0.6) is 0 Å². The van der Waals surface area contributed by atoms with Gasteiger partial charge in [-0.1, -0.05) is 23.2 Å². The molecule has 0 aliphatic rings. The van der Waals surface area contributed by atoms with E-state index in [-0.39, 0.29) is 22.9 Å². The van der Waals surface area contributed by atoms with Crippen molar-refractivity contribution < 1.29 is 13.6 Å². The van der Waals surface area contributed by atoms with Crippen molar-refractivity contribution in [2.24, 2.45) is 0 Å². The van der Waals surface area contributed by atoms with Crippen molar-refractivity contribution in [3.63, 3.8) is 0 Å². The second kappa shape index (κ2) is 6.28.